The molecule has 0 spiro atoms. The fourth-order valence-electron chi connectivity index (χ4n) is 1.03. The van der Waals surface area contributed by atoms with Crippen molar-refractivity contribution in [2.75, 3.05) is 0 Å². The van der Waals surface area contributed by atoms with E-state index < -0.39 is 17.0 Å². The van der Waals surface area contributed by atoms with Gasteiger partial charge in [0.15, 0.2) is 0 Å². The molecular weight excluding hydrogens is 317 g/mol. The van der Waals surface area contributed by atoms with Gasteiger partial charge in [-0.05, 0) is 19.9 Å². The van der Waals surface area contributed by atoms with Gasteiger partial charge in [0.1, 0.15) is 0 Å². The average molecular weight is 344 g/mol. The van der Waals surface area contributed by atoms with Crippen LogP contribution in [-0.2, 0) is 17.0 Å². The summed E-state index contributed by atoms with van der Waals surface area (Å²) in [7, 11) is 9.69. The van der Waals surface area contributed by atoms with Crippen LogP contribution in [0.3, 0.4) is 0 Å². The molecule has 18 heavy (non-hydrogen) atoms. The predicted molar refractivity (Wildman–Crippen MR) is 86.6 cm³/mol. The van der Waals surface area contributed by atoms with Crippen LogP contribution in [0, 0.1) is 0 Å². The van der Waals surface area contributed by atoms with Gasteiger partial charge in [-0.15, -0.1) is 5.54 Å². The molecule has 107 valence electrons. The average Bonchev–Trinajstić information content (AvgIpc) is 1.97. The van der Waals surface area contributed by atoms with E-state index in [2.05, 4.69) is 32.7 Å². The minimum absolute atomic E-state index is 0.0883. The Morgan fingerprint density at radius 2 is 1.56 bits per heavy atom. The third-order valence-corrected chi connectivity index (χ3v) is 2.39. The first-order valence-corrected chi connectivity index (χ1v) is 12.8. The molecule has 0 atom stereocenters. The Balaban J connectivity index is -0.000000235. The third-order valence-electron chi connectivity index (χ3n) is 1.13. The molecule has 0 aliphatic rings. The third kappa shape index (κ3) is 53.8. The minimum atomic E-state index is -0.556. The summed E-state index contributed by atoms with van der Waals surface area (Å²) in [6, 6.07) is 1.29. The molecule has 0 rings (SSSR count). The first kappa shape index (κ1) is 24.0. The fraction of sp³-hybridized carbons (Fsp3) is 0.692. The van der Waals surface area contributed by atoms with E-state index >= 15 is 0 Å². The van der Waals surface area contributed by atoms with Crippen LogP contribution >= 0.6 is 18.6 Å². The van der Waals surface area contributed by atoms with Gasteiger partial charge in [0.05, 0.1) is 0 Å². The van der Waals surface area contributed by atoms with E-state index in [1.165, 1.54) is 17.2 Å². The molecule has 0 unspecified atom stereocenters. The molecule has 0 saturated heterocycles. The molecular formula is C13H27Cl2NSiTi-. The van der Waals surface area contributed by atoms with Gasteiger partial charge in [0, 0.05) is 8.80 Å². The topological polar surface area (TPSA) is 23.8 Å². The van der Waals surface area contributed by atoms with Crippen LogP contribution in [0.25, 0.3) is 5.73 Å². The molecule has 0 fully saturated rings. The van der Waals surface area contributed by atoms with Crippen molar-refractivity contribution in [2.45, 2.75) is 59.3 Å². The monoisotopic (exact) mass is 343 g/mol. The van der Waals surface area contributed by atoms with Crippen LogP contribution in [0.15, 0.2) is 23.8 Å². The van der Waals surface area contributed by atoms with E-state index in [1.54, 1.807) is 0 Å². The first-order valence-electron chi connectivity index (χ1n) is 5.77. The molecule has 1 N–H and O–H groups in total. The quantitative estimate of drug-likeness (QED) is 0.413. The van der Waals surface area contributed by atoms with Gasteiger partial charge in [0.2, 0.25) is 0 Å². The molecule has 5 heteroatoms. The van der Waals surface area contributed by atoms with Crippen molar-refractivity contribution in [3.8, 4) is 0 Å². The summed E-state index contributed by atoms with van der Waals surface area (Å²) >= 11 is -0.556. The zero-order valence-electron chi connectivity index (χ0n) is 12.7. The normalized spacial score (nSPS) is 10.9. The van der Waals surface area contributed by atoms with Crippen LogP contribution in [0.4, 0.5) is 0 Å². The molecule has 0 aromatic heterocycles. The van der Waals surface area contributed by atoms with Gasteiger partial charge in [-0.1, -0.05) is 57.7 Å². The van der Waals surface area contributed by atoms with E-state index in [-0.39, 0.29) is 14.3 Å². The van der Waals surface area contributed by atoms with Crippen LogP contribution in [0.5, 0.6) is 0 Å². The van der Waals surface area contributed by atoms with Crippen molar-refractivity contribution in [2.24, 2.45) is 0 Å². The molecule has 0 aromatic carbocycles. The molecule has 1 radical (unpaired) electrons. The Morgan fingerprint density at radius 1 is 1.28 bits per heavy atom. The summed E-state index contributed by atoms with van der Waals surface area (Å²) in [6.45, 7) is 18.3. The van der Waals surface area contributed by atoms with E-state index in [4.69, 9.17) is 24.3 Å². The van der Waals surface area contributed by atoms with E-state index in [1.807, 2.05) is 27.7 Å². The molecule has 0 bridgehead atoms. The standard InChI is InChI=1S/C9H17Si.C4H10N.2ClH.Ti/c1-8(2)6-9(3)7-10(4)5;1-4(2,3)5;;;/h6H,1,7H2,2-5H3;5H,1-3H3;2*1H;/q;-1;;;+2/p-2. The van der Waals surface area contributed by atoms with E-state index in [0.29, 0.717) is 0 Å². The Bertz CT molecular complexity index is 230. The van der Waals surface area contributed by atoms with E-state index in [9.17, 15) is 0 Å². The maximum atomic E-state index is 6.94. The number of halogens is 2. The molecule has 0 aliphatic heterocycles. The Labute approximate surface area is 132 Å². The van der Waals surface area contributed by atoms with Crippen molar-refractivity contribution in [3.05, 3.63) is 29.5 Å². The maximum absolute atomic E-state index is 6.94. The number of hydrogen-bond donors (Lipinski definition) is 0. The van der Waals surface area contributed by atoms with Crippen molar-refractivity contribution in [3.63, 3.8) is 0 Å². The first-order chi connectivity index (χ1) is 7.93. The predicted octanol–water partition coefficient (Wildman–Crippen LogP) is 6.48. The van der Waals surface area contributed by atoms with Crippen molar-refractivity contribution in [1.82, 2.24) is 0 Å². The molecule has 0 amide bonds. The zero-order valence-corrected chi connectivity index (χ0v) is 16.8. The van der Waals surface area contributed by atoms with Gasteiger partial charge in [0.25, 0.3) is 0 Å². The molecule has 1 nitrogen and oxygen atoms in total. The fourth-order valence-corrected chi connectivity index (χ4v) is 2.25. The van der Waals surface area contributed by atoms with Gasteiger partial charge < -0.3 is 5.73 Å². The summed E-state index contributed by atoms with van der Waals surface area (Å²) in [5.41, 5.74) is 9.33. The van der Waals surface area contributed by atoms with Gasteiger partial charge in [-0.25, -0.2) is 0 Å². The molecule has 0 aliphatic carbocycles. The van der Waals surface area contributed by atoms with Crippen LogP contribution < -0.4 is 0 Å². The Morgan fingerprint density at radius 3 is 1.72 bits per heavy atom. The second-order valence-corrected chi connectivity index (χ2v) is 10.9. The molecule has 0 heterocycles. The van der Waals surface area contributed by atoms with Crippen molar-refractivity contribution < 1.29 is 17.0 Å². The van der Waals surface area contributed by atoms with Crippen molar-refractivity contribution in [1.29, 1.82) is 0 Å². The van der Waals surface area contributed by atoms with E-state index in [0.717, 1.165) is 0 Å². The van der Waals surface area contributed by atoms with Gasteiger partial charge >= 0.3 is 35.6 Å². The number of hydrogen-bond acceptors (Lipinski definition) is 0. The molecule has 0 aromatic rings. The van der Waals surface area contributed by atoms with Crippen LogP contribution in [-0.4, -0.2) is 14.3 Å². The van der Waals surface area contributed by atoms with Gasteiger partial charge in [-0.2, -0.15) is 0 Å². The SMILES string of the molecule is C=C(C)C=C(C)C[Si](C)C.CC(C)(C)[NH-].[Cl][Ti][Cl]. The van der Waals surface area contributed by atoms with Crippen LogP contribution in [0.2, 0.25) is 19.1 Å². The summed E-state index contributed by atoms with van der Waals surface area (Å²) in [5.74, 6) is 0. The Kier molecular flexibility index (Phi) is 19.2. The molecule has 0 saturated carbocycles. The van der Waals surface area contributed by atoms with Crippen molar-refractivity contribution >= 4 is 27.4 Å². The summed E-state index contributed by atoms with van der Waals surface area (Å²) < 4.78 is 0. The zero-order chi connectivity index (χ0) is 15.4. The number of allylic oxidation sites excluding steroid dienone is 3. The number of rotatable bonds is 3. The Hall–Kier alpha value is 0.951. The summed E-state index contributed by atoms with van der Waals surface area (Å²) in [4.78, 5) is 0. The van der Waals surface area contributed by atoms with Crippen LogP contribution in [0.1, 0.15) is 34.6 Å². The summed E-state index contributed by atoms with van der Waals surface area (Å²) in [5, 5.41) is 0. The summed E-state index contributed by atoms with van der Waals surface area (Å²) in [6.07, 6.45) is 2.18. The number of nitrogens with one attached hydrogen (secondary N) is 1. The second-order valence-electron chi connectivity index (χ2n) is 5.54. The second kappa shape index (κ2) is 14.4. The van der Waals surface area contributed by atoms with Gasteiger partial charge in [-0.3, -0.25) is 0 Å².